The molecule has 0 spiro atoms. The maximum Gasteiger partial charge on any atom is 0.264 e. The molecule has 0 radical (unpaired) electrons. The van der Waals surface area contributed by atoms with Gasteiger partial charge in [-0.05, 0) is 49.4 Å². The molecule has 10 heteroatoms. The highest BCUT2D eigenvalue weighted by Gasteiger charge is 2.36. The number of rotatable bonds is 3. The molecule has 0 unspecified atom stereocenters. The molecule has 2 aromatic heterocycles. The first-order valence-electron chi connectivity index (χ1n) is 9.16. The van der Waals surface area contributed by atoms with E-state index < -0.39 is 19.9 Å². The number of anilines is 1. The Morgan fingerprint density at radius 3 is 2.73 bits per heavy atom. The number of fused-ring (bicyclic) bond motifs is 2. The lowest BCUT2D eigenvalue weighted by Gasteiger charge is -2.30. The molecular weight excluding hydrogens is 442 g/mol. The minimum absolute atomic E-state index is 0.0299. The lowest BCUT2D eigenvalue weighted by atomic mass is 10.1. The zero-order valence-corrected chi connectivity index (χ0v) is 18.3. The van der Waals surface area contributed by atoms with Crippen LogP contribution in [0, 0.1) is 6.92 Å². The predicted molar refractivity (Wildman–Crippen MR) is 117 cm³/mol. The van der Waals surface area contributed by atoms with Crippen molar-refractivity contribution in [2.45, 2.75) is 16.7 Å². The van der Waals surface area contributed by atoms with Gasteiger partial charge in [0.25, 0.3) is 10.0 Å². The largest absolute Gasteiger partial charge is 0.361 e. The molecule has 2 aromatic carbocycles. The van der Waals surface area contributed by atoms with E-state index in [1.54, 1.807) is 30.5 Å². The maximum atomic E-state index is 13.5. The fourth-order valence-electron chi connectivity index (χ4n) is 3.64. The van der Waals surface area contributed by atoms with E-state index in [2.05, 4.69) is 9.97 Å². The monoisotopic (exact) mass is 459 g/mol. The first-order chi connectivity index (χ1) is 14.3. The third kappa shape index (κ3) is 3.03. The van der Waals surface area contributed by atoms with Gasteiger partial charge in [0.15, 0.2) is 9.84 Å². The standard InChI is InChI=1S/C20H17N3O4S3/c1-13-22-17-6-5-15(12-19(17)28-13)30(26,27)23-9-10-29(24,25)20-7-4-14(11-18(20)23)16-3-2-8-21-16/h2-8,11-12,21H,9-10H2,1H3. The summed E-state index contributed by atoms with van der Waals surface area (Å²) in [6.45, 7) is 1.73. The van der Waals surface area contributed by atoms with E-state index in [0.717, 1.165) is 20.9 Å². The molecule has 0 bridgehead atoms. The Kier molecular flexibility index (Phi) is 4.28. The Labute approximate surface area is 178 Å². The van der Waals surface area contributed by atoms with Gasteiger partial charge < -0.3 is 4.98 Å². The Morgan fingerprint density at radius 1 is 1.13 bits per heavy atom. The van der Waals surface area contributed by atoms with E-state index in [1.807, 2.05) is 19.1 Å². The Balaban J connectivity index is 1.68. The fourth-order valence-corrected chi connectivity index (χ4v) is 7.67. The minimum atomic E-state index is -3.96. The van der Waals surface area contributed by atoms with Gasteiger partial charge in [-0.2, -0.15) is 0 Å². The molecule has 0 aliphatic carbocycles. The van der Waals surface area contributed by atoms with Crippen LogP contribution in [-0.2, 0) is 19.9 Å². The topological polar surface area (TPSA) is 100 Å². The Hall–Kier alpha value is -2.69. The zero-order valence-electron chi connectivity index (χ0n) is 15.9. The number of sulfone groups is 1. The number of H-pyrrole nitrogens is 1. The first kappa shape index (κ1) is 19.3. The van der Waals surface area contributed by atoms with Crippen LogP contribution < -0.4 is 4.31 Å². The quantitative estimate of drug-likeness (QED) is 0.505. The summed E-state index contributed by atoms with van der Waals surface area (Å²) in [7, 11) is -7.51. The maximum absolute atomic E-state index is 13.5. The van der Waals surface area contributed by atoms with Crippen LogP contribution in [0.4, 0.5) is 5.69 Å². The summed E-state index contributed by atoms with van der Waals surface area (Å²) in [6, 6.07) is 13.3. The normalized spacial score (nSPS) is 16.0. The van der Waals surface area contributed by atoms with E-state index in [0.29, 0.717) is 5.56 Å². The molecule has 1 aliphatic heterocycles. The summed E-state index contributed by atoms with van der Waals surface area (Å²) in [5, 5.41) is 0.851. The second-order valence-electron chi connectivity index (χ2n) is 7.02. The van der Waals surface area contributed by atoms with Gasteiger partial charge in [-0.1, -0.05) is 6.07 Å². The molecule has 154 valence electrons. The van der Waals surface area contributed by atoms with Crippen LogP contribution in [0.25, 0.3) is 21.5 Å². The van der Waals surface area contributed by atoms with Gasteiger partial charge in [0.2, 0.25) is 0 Å². The number of aromatic nitrogens is 2. The van der Waals surface area contributed by atoms with Gasteiger partial charge in [-0.25, -0.2) is 21.8 Å². The van der Waals surface area contributed by atoms with Gasteiger partial charge >= 0.3 is 0 Å². The van der Waals surface area contributed by atoms with E-state index in [4.69, 9.17) is 0 Å². The van der Waals surface area contributed by atoms with Crippen molar-refractivity contribution in [3.05, 3.63) is 59.7 Å². The number of hydrogen-bond acceptors (Lipinski definition) is 6. The Bertz CT molecular complexity index is 1490. The third-order valence-electron chi connectivity index (χ3n) is 5.09. The summed E-state index contributed by atoms with van der Waals surface area (Å²) in [5.41, 5.74) is 2.41. The Morgan fingerprint density at radius 2 is 1.97 bits per heavy atom. The van der Waals surface area contributed by atoms with E-state index in [-0.39, 0.29) is 27.8 Å². The van der Waals surface area contributed by atoms with Crippen molar-refractivity contribution in [3.8, 4) is 11.3 Å². The number of thiazole rings is 1. The van der Waals surface area contributed by atoms with Gasteiger partial charge in [0, 0.05) is 24.0 Å². The van der Waals surface area contributed by atoms with Crippen LogP contribution in [0.15, 0.2) is 64.5 Å². The predicted octanol–water partition coefficient (Wildman–Crippen LogP) is 3.58. The molecule has 1 aliphatic rings. The van der Waals surface area contributed by atoms with Gasteiger partial charge in [0.1, 0.15) is 0 Å². The number of aryl methyl sites for hydroxylation is 1. The lowest BCUT2D eigenvalue weighted by Crippen LogP contribution is -2.39. The van der Waals surface area contributed by atoms with Crippen molar-refractivity contribution in [2.75, 3.05) is 16.6 Å². The van der Waals surface area contributed by atoms with Crippen molar-refractivity contribution >= 4 is 47.1 Å². The summed E-state index contributed by atoms with van der Waals surface area (Å²) >= 11 is 1.42. The molecule has 0 saturated carbocycles. The number of benzene rings is 2. The van der Waals surface area contributed by atoms with Crippen LogP contribution in [0.2, 0.25) is 0 Å². The number of aromatic amines is 1. The smallest absolute Gasteiger partial charge is 0.264 e. The van der Waals surface area contributed by atoms with Crippen LogP contribution >= 0.6 is 11.3 Å². The van der Waals surface area contributed by atoms with Crippen LogP contribution in [0.3, 0.4) is 0 Å². The highest BCUT2D eigenvalue weighted by molar-refractivity contribution is 7.94. The van der Waals surface area contributed by atoms with Gasteiger partial charge in [-0.15, -0.1) is 11.3 Å². The fraction of sp³-hybridized carbons (Fsp3) is 0.150. The molecule has 0 saturated heterocycles. The molecule has 0 atom stereocenters. The molecular formula is C20H17N3O4S3. The summed E-state index contributed by atoms with van der Waals surface area (Å²) in [5.74, 6) is -0.261. The van der Waals surface area contributed by atoms with Gasteiger partial charge in [0.05, 0.1) is 36.5 Å². The zero-order chi connectivity index (χ0) is 21.1. The minimum Gasteiger partial charge on any atom is -0.361 e. The number of hydrogen-bond donors (Lipinski definition) is 1. The average Bonchev–Trinajstić information content (AvgIpc) is 3.35. The van der Waals surface area contributed by atoms with Crippen LogP contribution in [0.1, 0.15) is 5.01 Å². The molecule has 7 nitrogen and oxygen atoms in total. The number of sulfonamides is 1. The molecule has 0 fully saturated rings. The molecule has 4 aromatic rings. The molecule has 0 amide bonds. The second-order valence-corrected chi connectivity index (χ2v) is 12.2. The molecule has 30 heavy (non-hydrogen) atoms. The van der Waals surface area contributed by atoms with Crippen molar-refractivity contribution < 1.29 is 16.8 Å². The van der Waals surface area contributed by atoms with Gasteiger partial charge in [-0.3, -0.25) is 4.31 Å². The van der Waals surface area contributed by atoms with Crippen LogP contribution in [-0.4, -0.2) is 39.1 Å². The molecule has 3 heterocycles. The molecule has 5 rings (SSSR count). The summed E-state index contributed by atoms with van der Waals surface area (Å²) in [6.07, 6.45) is 1.76. The highest BCUT2D eigenvalue weighted by atomic mass is 32.2. The lowest BCUT2D eigenvalue weighted by molar-refractivity contribution is 0.584. The van der Waals surface area contributed by atoms with Crippen molar-refractivity contribution in [1.29, 1.82) is 0 Å². The van der Waals surface area contributed by atoms with E-state index >= 15 is 0 Å². The SMILES string of the molecule is Cc1nc2ccc(S(=O)(=O)N3CCS(=O)(=O)c4ccc(-c5ccc[nH]5)cc43)cc2s1. The first-order valence-corrected chi connectivity index (χ1v) is 13.1. The summed E-state index contributed by atoms with van der Waals surface area (Å²) in [4.78, 5) is 7.59. The second kappa shape index (κ2) is 6.66. The van der Waals surface area contributed by atoms with E-state index in [9.17, 15) is 16.8 Å². The highest BCUT2D eigenvalue weighted by Crippen LogP contribution is 2.38. The number of nitrogens with zero attached hydrogens (tertiary/aromatic N) is 2. The van der Waals surface area contributed by atoms with Crippen molar-refractivity contribution in [1.82, 2.24) is 9.97 Å². The summed E-state index contributed by atoms with van der Waals surface area (Å²) < 4.78 is 54.3. The van der Waals surface area contributed by atoms with Crippen molar-refractivity contribution in [2.24, 2.45) is 0 Å². The number of nitrogens with one attached hydrogen (secondary N) is 1. The van der Waals surface area contributed by atoms with Crippen LogP contribution in [0.5, 0.6) is 0 Å². The third-order valence-corrected chi connectivity index (χ3v) is 9.57. The molecule has 1 N–H and O–H groups in total. The van der Waals surface area contributed by atoms with E-state index in [1.165, 1.54) is 27.8 Å². The average molecular weight is 460 g/mol. The van der Waals surface area contributed by atoms with Crippen molar-refractivity contribution in [3.63, 3.8) is 0 Å².